The first kappa shape index (κ1) is 22.2. The van der Waals surface area contributed by atoms with Gasteiger partial charge in [0.15, 0.2) is 0 Å². The van der Waals surface area contributed by atoms with E-state index in [2.05, 4.69) is 34.2 Å². The van der Waals surface area contributed by atoms with Gasteiger partial charge in [-0.3, -0.25) is 9.69 Å². The van der Waals surface area contributed by atoms with Gasteiger partial charge in [0, 0.05) is 36.8 Å². The van der Waals surface area contributed by atoms with Crippen molar-refractivity contribution in [2.24, 2.45) is 0 Å². The summed E-state index contributed by atoms with van der Waals surface area (Å²) in [6.07, 6.45) is 2.06. The van der Waals surface area contributed by atoms with Gasteiger partial charge in [-0.15, -0.1) is 11.8 Å². The van der Waals surface area contributed by atoms with Crippen LogP contribution in [0, 0.1) is 0 Å². The van der Waals surface area contributed by atoms with Crippen LogP contribution in [0.25, 0.3) is 0 Å². The summed E-state index contributed by atoms with van der Waals surface area (Å²) in [5, 5.41) is 3.91. The molecule has 6 heteroatoms. The maximum absolute atomic E-state index is 12.4. The Morgan fingerprint density at radius 2 is 1.72 bits per heavy atom. The van der Waals surface area contributed by atoms with Gasteiger partial charge >= 0.3 is 0 Å². The topological polar surface area (TPSA) is 35.6 Å². The molecule has 0 bridgehead atoms. The van der Waals surface area contributed by atoms with Crippen LogP contribution in [0.5, 0.6) is 0 Å². The predicted octanol–water partition coefficient (Wildman–Crippen LogP) is 4.64. The molecule has 1 N–H and O–H groups in total. The van der Waals surface area contributed by atoms with Crippen LogP contribution in [0.1, 0.15) is 18.9 Å². The number of hydrogen-bond donors (Lipinski definition) is 1. The first-order valence-electron chi connectivity index (χ1n) is 10.4. The number of nitrogens with one attached hydrogen (secondary N) is 1. The number of hydrogen-bond acceptors (Lipinski definition) is 4. The number of halogens is 1. The van der Waals surface area contributed by atoms with Crippen molar-refractivity contribution >= 4 is 35.0 Å². The lowest BCUT2D eigenvalue weighted by Gasteiger charge is -2.34. The second kappa shape index (κ2) is 11.6. The van der Waals surface area contributed by atoms with Crippen LogP contribution >= 0.6 is 23.4 Å². The smallest absolute Gasteiger partial charge is 0.238 e. The Bertz CT molecular complexity index is 793. The Morgan fingerprint density at radius 3 is 2.48 bits per heavy atom. The van der Waals surface area contributed by atoms with E-state index < -0.39 is 0 Å². The molecule has 0 radical (unpaired) electrons. The third-order valence-electron chi connectivity index (χ3n) is 5.22. The van der Waals surface area contributed by atoms with Crippen molar-refractivity contribution in [2.75, 3.05) is 50.3 Å². The second-order valence-corrected chi connectivity index (χ2v) is 8.85. The Hall–Kier alpha value is -1.53. The molecule has 0 unspecified atom stereocenters. The number of rotatable bonds is 9. The molecule has 1 saturated heterocycles. The van der Waals surface area contributed by atoms with Crippen LogP contribution < -0.4 is 5.32 Å². The molecular formula is C23H30ClN3OS. The second-order valence-electron chi connectivity index (χ2n) is 7.31. The minimum absolute atomic E-state index is 0.0792. The average molecular weight is 432 g/mol. The first-order valence-corrected chi connectivity index (χ1v) is 11.7. The quantitative estimate of drug-likeness (QED) is 0.463. The molecule has 1 amide bonds. The van der Waals surface area contributed by atoms with Gasteiger partial charge in [0.05, 0.1) is 11.6 Å². The zero-order chi connectivity index (χ0) is 20.5. The molecule has 1 heterocycles. The molecule has 156 valence electrons. The maximum atomic E-state index is 12.4. The van der Waals surface area contributed by atoms with Crippen molar-refractivity contribution < 1.29 is 4.79 Å². The third-order valence-corrected chi connectivity index (χ3v) is 6.82. The highest BCUT2D eigenvalue weighted by atomic mass is 35.5. The molecule has 1 aliphatic heterocycles. The fraction of sp³-hybridized carbons (Fsp3) is 0.435. The van der Waals surface area contributed by atoms with E-state index >= 15 is 0 Å². The van der Waals surface area contributed by atoms with Crippen molar-refractivity contribution in [3.63, 3.8) is 0 Å². The summed E-state index contributed by atoms with van der Waals surface area (Å²) >= 11 is 8.03. The van der Waals surface area contributed by atoms with Crippen molar-refractivity contribution in [3.8, 4) is 0 Å². The molecule has 0 spiro atoms. The monoisotopic (exact) mass is 431 g/mol. The lowest BCUT2D eigenvalue weighted by atomic mass is 10.1. The van der Waals surface area contributed by atoms with Gasteiger partial charge in [-0.2, -0.15) is 0 Å². The average Bonchev–Trinajstić information content (AvgIpc) is 2.74. The van der Waals surface area contributed by atoms with Crippen LogP contribution in [0.15, 0.2) is 53.4 Å². The van der Waals surface area contributed by atoms with Crippen molar-refractivity contribution in [2.45, 2.75) is 24.7 Å². The number of amides is 1. The molecule has 0 aromatic heterocycles. The number of benzene rings is 2. The standard InChI is InChI=1S/C23H30ClN3OS/c1-2-19-8-3-5-10-21(19)25-23(28)18-27-15-13-26(14-16-27)12-7-17-29-22-11-6-4-9-20(22)24/h3-6,8-11H,2,7,12-18H2,1H3,(H,25,28). The normalized spacial score (nSPS) is 15.4. The van der Waals surface area contributed by atoms with Crippen LogP contribution in [0.3, 0.4) is 0 Å². The van der Waals surface area contributed by atoms with Crippen LogP contribution in [-0.2, 0) is 11.2 Å². The lowest BCUT2D eigenvalue weighted by molar-refractivity contribution is -0.117. The van der Waals surface area contributed by atoms with E-state index in [1.54, 1.807) is 0 Å². The van der Waals surface area contributed by atoms with Gasteiger partial charge < -0.3 is 10.2 Å². The third kappa shape index (κ3) is 7.03. The summed E-state index contributed by atoms with van der Waals surface area (Å²) in [4.78, 5) is 18.3. The summed E-state index contributed by atoms with van der Waals surface area (Å²) < 4.78 is 0. The molecule has 1 aliphatic rings. The number of para-hydroxylation sites is 1. The van der Waals surface area contributed by atoms with Crippen LogP contribution in [0.2, 0.25) is 5.02 Å². The molecular weight excluding hydrogens is 402 g/mol. The minimum atomic E-state index is 0.0792. The van der Waals surface area contributed by atoms with E-state index in [1.165, 1.54) is 5.56 Å². The van der Waals surface area contributed by atoms with E-state index in [-0.39, 0.29) is 5.91 Å². The molecule has 1 fully saturated rings. The lowest BCUT2D eigenvalue weighted by Crippen LogP contribution is -2.48. The number of nitrogens with zero attached hydrogens (tertiary/aromatic N) is 2. The summed E-state index contributed by atoms with van der Waals surface area (Å²) in [6, 6.07) is 16.1. The fourth-order valence-corrected chi connectivity index (χ4v) is 4.72. The number of piperazine rings is 1. The van der Waals surface area contributed by atoms with E-state index in [0.29, 0.717) is 6.54 Å². The number of carbonyl (C=O) groups is 1. The molecule has 2 aromatic rings. The first-order chi connectivity index (χ1) is 14.2. The van der Waals surface area contributed by atoms with E-state index in [4.69, 9.17) is 11.6 Å². The van der Waals surface area contributed by atoms with Crippen molar-refractivity contribution in [1.82, 2.24) is 9.80 Å². The van der Waals surface area contributed by atoms with Gasteiger partial charge in [0.25, 0.3) is 0 Å². The van der Waals surface area contributed by atoms with E-state index in [9.17, 15) is 4.79 Å². The Morgan fingerprint density at radius 1 is 1.03 bits per heavy atom. The van der Waals surface area contributed by atoms with Gasteiger partial charge in [-0.25, -0.2) is 0 Å². The summed E-state index contributed by atoms with van der Waals surface area (Å²) in [5.41, 5.74) is 2.12. The number of anilines is 1. The highest BCUT2D eigenvalue weighted by Gasteiger charge is 2.19. The molecule has 0 atom stereocenters. The number of carbonyl (C=O) groups excluding carboxylic acids is 1. The minimum Gasteiger partial charge on any atom is -0.325 e. The largest absolute Gasteiger partial charge is 0.325 e. The molecule has 2 aromatic carbocycles. The van der Waals surface area contributed by atoms with Gasteiger partial charge in [-0.05, 0) is 48.9 Å². The Balaban J connectivity index is 1.33. The predicted molar refractivity (Wildman–Crippen MR) is 124 cm³/mol. The van der Waals surface area contributed by atoms with E-state index in [0.717, 1.165) is 66.9 Å². The SMILES string of the molecule is CCc1ccccc1NC(=O)CN1CCN(CCCSc2ccccc2Cl)CC1. The highest BCUT2D eigenvalue weighted by molar-refractivity contribution is 7.99. The van der Waals surface area contributed by atoms with Crippen molar-refractivity contribution in [3.05, 3.63) is 59.1 Å². The molecule has 0 aliphatic carbocycles. The summed E-state index contributed by atoms with van der Waals surface area (Å²) in [5.74, 6) is 1.15. The highest BCUT2D eigenvalue weighted by Crippen LogP contribution is 2.27. The zero-order valence-corrected chi connectivity index (χ0v) is 18.6. The number of aryl methyl sites for hydroxylation is 1. The van der Waals surface area contributed by atoms with Gasteiger partial charge in [0.2, 0.25) is 5.91 Å². The maximum Gasteiger partial charge on any atom is 0.238 e. The molecule has 29 heavy (non-hydrogen) atoms. The summed E-state index contributed by atoms with van der Waals surface area (Å²) in [7, 11) is 0. The summed E-state index contributed by atoms with van der Waals surface area (Å²) in [6.45, 7) is 7.61. The molecule has 3 rings (SSSR count). The zero-order valence-electron chi connectivity index (χ0n) is 17.1. The van der Waals surface area contributed by atoms with Crippen LogP contribution in [0.4, 0.5) is 5.69 Å². The van der Waals surface area contributed by atoms with Gasteiger partial charge in [-0.1, -0.05) is 48.9 Å². The Kier molecular flexibility index (Phi) is 8.87. The number of thioether (sulfide) groups is 1. The Labute approximate surface area is 183 Å². The van der Waals surface area contributed by atoms with Crippen LogP contribution in [-0.4, -0.2) is 60.7 Å². The fourth-order valence-electron chi connectivity index (χ4n) is 3.55. The molecule has 0 saturated carbocycles. The molecule has 4 nitrogen and oxygen atoms in total. The van der Waals surface area contributed by atoms with E-state index in [1.807, 2.05) is 48.2 Å². The van der Waals surface area contributed by atoms with Gasteiger partial charge in [0.1, 0.15) is 0 Å². The van der Waals surface area contributed by atoms with Crippen molar-refractivity contribution in [1.29, 1.82) is 0 Å².